The van der Waals surface area contributed by atoms with E-state index in [0.717, 1.165) is 0 Å². The SMILES string of the molecule is CO[Si](C)(OC)OC(C)=S.[NaH]. The Hall–Kier alpha value is 1.03. The van der Waals surface area contributed by atoms with Crippen molar-refractivity contribution in [3.05, 3.63) is 0 Å². The first-order valence-corrected chi connectivity index (χ1v) is 5.47. The van der Waals surface area contributed by atoms with Gasteiger partial charge in [0.2, 0.25) is 0 Å². The molecule has 0 aromatic rings. The van der Waals surface area contributed by atoms with E-state index in [1.807, 2.05) is 0 Å². The Balaban J connectivity index is 0. The number of hydrogen-bond donors (Lipinski definition) is 0. The summed E-state index contributed by atoms with van der Waals surface area (Å²) in [6.45, 7) is 3.47. The third-order valence-corrected chi connectivity index (χ3v) is 3.46. The van der Waals surface area contributed by atoms with Gasteiger partial charge in [-0.15, -0.1) is 0 Å². The number of hydrogen-bond acceptors (Lipinski definition) is 4. The van der Waals surface area contributed by atoms with Crippen molar-refractivity contribution in [2.45, 2.75) is 13.5 Å². The van der Waals surface area contributed by atoms with Crippen LogP contribution in [0.25, 0.3) is 0 Å². The van der Waals surface area contributed by atoms with Crippen molar-refractivity contribution in [1.29, 1.82) is 0 Å². The molecule has 3 nitrogen and oxygen atoms in total. The van der Waals surface area contributed by atoms with Crippen LogP contribution < -0.4 is 0 Å². The summed E-state index contributed by atoms with van der Waals surface area (Å²) in [4.78, 5) is 0. The number of rotatable bonds is 3. The van der Waals surface area contributed by atoms with Crippen LogP contribution in [0.15, 0.2) is 0 Å². The van der Waals surface area contributed by atoms with Crippen molar-refractivity contribution in [3.8, 4) is 0 Å². The van der Waals surface area contributed by atoms with Gasteiger partial charge in [0, 0.05) is 27.7 Å². The van der Waals surface area contributed by atoms with Crippen LogP contribution >= 0.6 is 12.2 Å². The van der Waals surface area contributed by atoms with Crippen LogP contribution in [0.5, 0.6) is 0 Å². The summed E-state index contributed by atoms with van der Waals surface area (Å²) < 4.78 is 15.2. The van der Waals surface area contributed by atoms with Crippen molar-refractivity contribution in [2.24, 2.45) is 0 Å². The second-order valence-electron chi connectivity index (χ2n) is 1.86. The third-order valence-electron chi connectivity index (χ3n) is 1.07. The van der Waals surface area contributed by atoms with Gasteiger partial charge < -0.3 is 13.3 Å². The van der Waals surface area contributed by atoms with Crippen molar-refractivity contribution in [2.75, 3.05) is 14.2 Å². The summed E-state index contributed by atoms with van der Waals surface area (Å²) in [6.07, 6.45) is 0. The van der Waals surface area contributed by atoms with Gasteiger partial charge in [0.1, 0.15) is 5.05 Å². The van der Waals surface area contributed by atoms with E-state index in [0.29, 0.717) is 5.05 Å². The Morgan fingerprint density at radius 3 is 1.73 bits per heavy atom. The van der Waals surface area contributed by atoms with Crippen LogP contribution in [0.4, 0.5) is 0 Å². The maximum atomic E-state index is 5.16. The first-order chi connectivity index (χ1) is 4.54. The molecule has 0 rings (SSSR count). The molecule has 0 saturated heterocycles. The molecule has 0 fully saturated rings. The first-order valence-electron chi connectivity index (χ1n) is 2.84. The Morgan fingerprint density at radius 2 is 1.64 bits per heavy atom. The number of thiocarbonyl (C=S) groups is 1. The second-order valence-corrected chi connectivity index (χ2v) is 5.18. The zero-order valence-corrected chi connectivity index (χ0v) is 8.45. The molecular weight excluding hydrogens is 191 g/mol. The van der Waals surface area contributed by atoms with Gasteiger partial charge in [0.25, 0.3) is 0 Å². The summed E-state index contributed by atoms with van der Waals surface area (Å²) in [5.74, 6) is 0. The minimum absolute atomic E-state index is 0. The molecule has 0 bridgehead atoms. The normalized spacial score (nSPS) is 10.2. The molecule has 0 spiro atoms. The molecule has 0 aliphatic rings. The molecule has 0 aromatic carbocycles. The van der Waals surface area contributed by atoms with Gasteiger partial charge >= 0.3 is 38.4 Å². The Kier molecular flexibility index (Phi) is 8.64. The van der Waals surface area contributed by atoms with Gasteiger partial charge in [0.05, 0.1) is 0 Å². The monoisotopic (exact) mass is 204 g/mol. The van der Waals surface area contributed by atoms with Gasteiger partial charge in [-0.2, -0.15) is 0 Å². The standard InChI is InChI=1S/C5H12O3SSi.Na.H/c1-5(9)8-10(4,6-2)7-3;;/h1-4H3;;. The summed E-state index contributed by atoms with van der Waals surface area (Å²) in [7, 11) is 0.698. The summed E-state index contributed by atoms with van der Waals surface area (Å²) in [5.41, 5.74) is 0. The molecule has 0 aliphatic heterocycles. The van der Waals surface area contributed by atoms with E-state index in [9.17, 15) is 0 Å². The molecule has 0 amide bonds. The molecule has 0 heterocycles. The van der Waals surface area contributed by atoms with Crippen LogP contribution in [0, 0.1) is 0 Å². The fourth-order valence-corrected chi connectivity index (χ4v) is 1.74. The molecule has 0 aromatic heterocycles. The molecule has 0 unspecified atom stereocenters. The van der Waals surface area contributed by atoms with E-state index in [4.69, 9.17) is 25.5 Å². The maximum absolute atomic E-state index is 5.16. The van der Waals surface area contributed by atoms with Crippen molar-refractivity contribution >= 4 is 55.6 Å². The van der Waals surface area contributed by atoms with Crippen molar-refractivity contribution in [1.82, 2.24) is 0 Å². The molecule has 0 aliphatic carbocycles. The van der Waals surface area contributed by atoms with Gasteiger partial charge in [-0.3, -0.25) is 0 Å². The predicted molar refractivity (Wildman–Crippen MR) is 52.1 cm³/mol. The summed E-state index contributed by atoms with van der Waals surface area (Å²) in [5, 5.41) is 0.456. The molecule has 0 N–H and O–H groups in total. The Bertz CT molecular complexity index is 129. The van der Waals surface area contributed by atoms with Crippen LogP contribution in [0.1, 0.15) is 6.92 Å². The Labute approximate surface area is 96.1 Å². The van der Waals surface area contributed by atoms with Crippen molar-refractivity contribution in [3.63, 3.8) is 0 Å². The van der Waals surface area contributed by atoms with Gasteiger partial charge in [-0.1, -0.05) is 0 Å². The van der Waals surface area contributed by atoms with E-state index < -0.39 is 8.80 Å². The van der Waals surface area contributed by atoms with E-state index >= 15 is 0 Å². The van der Waals surface area contributed by atoms with E-state index in [-0.39, 0.29) is 29.6 Å². The minimum atomic E-state index is -2.40. The van der Waals surface area contributed by atoms with Crippen molar-refractivity contribution < 1.29 is 13.3 Å². The second kappa shape index (κ2) is 6.53. The summed E-state index contributed by atoms with van der Waals surface area (Å²) in [6, 6.07) is 0. The average molecular weight is 204 g/mol. The third kappa shape index (κ3) is 6.21. The molecule has 0 radical (unpaired) electrons. The summed E-state index contributed by atoms with van der Waals surface area (Å²) >= 11 is 4.73. The van der Waals surface area contributed by atoms with E-state index in [2.05, 4.69) is 0 Å². The fraction of sp³-hybridized carbons (Fsp3) is 0.800. The molecule has 11 heavy (non-hydrogen) atoms. The molecule has 62 valence electrons. The van der Waals surface area contributed by atoms with Crippen LogP contribution in [-0.4, -0.2) is 57.6 Å². The molecule has 0 atom stereocenters. The fourth-order valence-electron chi connectivity index (χ4n) is 0.428. The van der Waals surface area contributed by atoms with Gasteiger partial charge in [-0.25, -0.2) is 0 Å². The first kappa shape index (κ1) is 14.5. The molecule has 0 saturated carbocycles. The van der Waals surface area contributed by atoms with Crippen LogP contribution in [0.2, 0.25) is 6.55 Å². The van der Waals surface area contributed by atoms with Gasteiger partial charge in [0.15, 0.2) is 0 Å². The predicted octanol–water partition coefficient (Wildman–Crippen LogP) is 0.563. The van der Waals surface area contributed by atoms with Gasteiger partial charge in [-0.05, 0) is 12.2 Å². The molecule has 6 heteroatoms. The van der Waals surface area contributed by atoms with Crippen LogP contribution in [0.3, 0.4) is 0 Å². The quantitative estimate of drug-likeness (QED) is 0.496. The van der Waals surface area contributed by atoms with Crippen LogP contribution in [-0.2, 0) is 13.3 Å². The zero-order valence-electron chi connectivity index (χ0n) is 6.63. The Morgan fingerprint density at radius 1 is 1.27 bits per heavy atom. The zero-order chi connectivity index (χ0) is 8.20. The topological polar surface area (TPSA) is 27.7 Å². The molecular formula is C5H13NaO3SSi. The average Bonchev–Trinajstić information content (AvgIpc) is 1.87. The van der Waals surface area contributed by atoms with E-state index in [1.165, 1.54) is 0 Å². The van der Waals surface area contributed by atoms with E-state index in [1.54, 1.807) is 27.7 Å².